The monoisotopic (exact) mass is 269 g/mol. The van der Waals surface area contributed by atoms with Crippen LogP contribution in [0.3, 0.4) is 0 Å². The lowest BCUT2D eigenvalue weighted by molar-refractivity contribution is -0.119. The molecular formula is C12H23N5O2. The van der Waals surface area contributed by atoms with Crippen molar-refractivity contribution in [2.24, 2.45) is 0 Å². The number of likely N-dealkylation sites (N-methyl/N-ethyl adjacent to an activating group) is 1. The van der Waals surface area contributed by atoms with Crippen molar-refractivity contribution in [2.75, 3.05) is 31.6 Å². The fourth-order valence-corrected chi connectivity index (χ4v) is 1.69. The molecule has 0 spiro atoms. The van der Waals surface area contributed by atoms with Gasteiger partial charge in [-0.25, -0.2) is 0 Å². The molecule has 0 bridgehead atoms. The molecule has 0 aliphatic rings. The van der Waals surface area contributed by atoms with E-state index in [0.29, 0.717) is 18.5 Å². The SMILES string of the molecule is CCCN(CC(=O)NC)c1nnc(C(C)NCC)o1. The van der Waals surface area contributed by atoms with Crippen molar-refractivity contribution in [3.8, 4) is 0 Å². The summed E-state index contributed by atoms with van der Waals surface area (Å²) < 4.78 is 5.62. The molecule has 1 atom stereocenters. The number of rotatable bonds is 8. The van der Waals surface area contributed by atoms with Crippen molar-refractivity contribution in [2.45, 2.75) is 33.2 Å². The molecule has 0 radical (unpaired) electrons. The van der Waals surface area contributed by atoms with Gasteiger partial charge in [0.1, 0.15) is 6.54 Å². The zero-order chi connectivity index (χ0) is 14.3. The quantitative estimate of drug-likeness (QED) is 0.723. The molecule has 1 rings (SSSR count). The second kappa shape index (κ2) is 7.73. The van der Waals surface area contributed by atoms with Gasteiger partial charge in [-0.3, -0.25) is 4.79 Å². The van der Waals surface area contributed by atoms with Gasteiger partial charge >= 0.3 is 6.01 Å². The number of nitrogens with zero attached hydrogens (tertiary/aromatic N) is 3. The van der Waals surface area contributed by atoms with E-state index in [0.717, 1.165) is 13.0 Å². The number of nitrogens with one attached hydrogen (secondary N) is 2. The Morgan fingerprint density at radius 2 is 2.16 bits per heavy atom. The summed E-state index contributed by atoms with van der Waals surface area (Å²) in [4.78, 5) is 13.2. The van der Waals surface area contributed by atoms with E-state index in [1.807, 2.05) is 20.8 Å². The zero-order valence-electron chi connectivity index (χ0n) is 12.1. The van der Waals surface area contributed by atoms with Gasteiger partial charge < -0.3 is 20.0 Å². The molecule has 1 amide bonds. The molecule has 7 heteroatoms. The first-order valence-electron chi connectivity index (χ1n) is 6.64. The molecule has 0 aliphatic heterocycles. The average Bonchev–Trinajstić information content (AvgIpc) is 2.88. The van der Waals surface area contributed by atoms with Crippen molar-refractivity contribution in [1.82, 2.24) is 20.8 Å². The highest BCUT2D eigenvalue weighted by molar-refractivity contribution is 5.80. The normalized spacial score (nSPS) is 12.2. The van der Waals surface area contributed by atoms with Gasteiger partial charge in [0, 0.05) is 13.6 Å². The maximum Gasteiger partial charge on any atom is 0.318 e. The van der Waals surface area contributed by atoms with Gasteiger partial charge in [0.25, 0.3) is 0 Å². The van der Waals surface area contributed by atoms with Crippen molar-refractivity contribution >= 4 is 11.9 Å². The van der Waals surface area contributed by atoms with Crippen LogP contribution in [0.1, 0.15) is 39.1 Å². The molecule has 1 unspecified atom stereocenters. The lowest BCUT2D eigenvalue weighted by atomic mass is 10.3. The lowest BCUT2D eigenvalue weighted by Crippen LogP contribution is -2.36. The van der Waals surface area contributed by atoms with E-state index in [1.165, 1.54) is 0 Å². The van der Waals surface area contributed by atoms with Gasteiger partial charge in [-0.2, -0.15) is 0 Å². The maximum absolute atomic E-state index is 11.5. The minimum atomic E-state index is -0.0760. The van der Waals surface area contributed by atoms with Crippen LogP contribution in [0.2, 0.25) is 0 Å². The summed E-state index contributed by atoms with van der Waals surface area (Å²) in [6.07, 6.45) is 0.900. The van der Waals surface area contributed by atoms with Gasteiger partial charge in [0.2, 0.25) is 11.8 Å². The van der Waals surface area contributed by atoms with E-state index in [2.05, 4.69) is 20.8 Å². The van der Waals surface area contributed by atoms with Gasteiger partial charge in [-0.05, 0) is 19.9 Å². The molecule has 1 heterocycles. The molecule has 0 saturated heterocycles. The molecule has 1 aromatic heterocycles. The Labute approximate surface area is 113 Å². The molecule has 7 nitrogen and oxygen atoms in total. The Morgan fingerprint density at radius 3 is 2.74 bits per heavy atom. The third-order valence-electron chi connectivity index (χ3n) is 2.69. The number of hydrogen-bond acceptors (Lipinski definition) is 6. The topological polar surface area (TPSA) is 83.3 Å². The van der Waals surface area contributed by atoms with Crippen LogP contribution in [0.5, 0.6) is 0 Å². The fourth-order valence-electron chi connectivity index (χ4n) is 1.69. The number of aromatic nitrogens is 2. The second-order valence-corrected chi connectivity index (χ2v) is 4.30. The Morgan fingerprint density at radius 1 is 1.42 bits per heavy atom. The second-order valence-electron chi connectivity index (χ2n) is 4.30. The van der Waals surface area contributed by atoms with Crippen molar-refractivity contribution in [1.29, 1.82) is 0 Å². The molecule has 19 heavy (non-hydrogen) atoms. The predicted octanol–water partition coefficient (Wildman–Crippen LogP) is 0.702. The number of carbonyl (C=O) groups excluding carboxylic acids is 1. The molecule has 0 aliphatic carbocycles. The highest BCUT2D eigenvalue weighted by atomic mass is 16.4. The number of amides is 1. The summed E-state index contributed by atoms with van der Waals surface area (Å²) in [7, 11) is 1.61. The highest BCUT2D eigenvalue weighted by Gasteiger charge is 2.18. The first-order valence-corrected chi connectivity index (χ1v) is 6.64. The summed E-state index contributed by atoms with van der Waals surface area (Å²) in [5.41, 5.74) is 0. The number of anilines is 1. The first-order chi connectivity index (χ1) is 9.12. The Kier molecular flexibility index (Phi) is 6.27. The van der Waals surface area contributed by atoms with E-state index in [-0.39, 0.29) is 18.5 Å². The van der Waals surface area contributed by atoms with Crippen LogP contribution in [0.15, 0.2) is 4.42 Å². The van der Waals surface area contributed by atoms with Crippen LogP contribution in [-0.4, -0.2) is 42.8 Å². The molecule has 1 aromatic rings. The van der Waals surface area contributed by atoms with E-state index in [1.54, 1.807) is 11.9 Å². The predicted molar refractivity (Wildman–Crippen MR) is 73.0 cm³/mol. The third kappa shape index (κ3) is 4.51. The zero-order valence-corrected chi connectivity index (χ0v) is 12.1. The molecule has 2 N–H and O–H groups in total. The van der Waals surface area contributed by atoms with E-state index >= 15 is 0 Å². The van der Waals surface area contributed by atoms with Gasteiger partial charge in [0.05, 0.1) is 6.04 Å². The first kappa shape index (κ1) is 15.4. The van der Waals surface area contributed by atoms with Gasteiger partial charge in [-0.1, -0.05) is 18.9 Å². The summed E-state index contributed by atoms with van der Waals surface area (Å²) in [5.74, 6) is 0.461. The maximum atomic E-state index is 11.5. The molecule has 108 valence electrons. The van der Waals surface area contributed by atoms with Gasteiger partial charge in [-0.15, -0.1) is 5.10 Å². The van der Waals surface area contributed by atoms with Crippen LogP contribution in [0, 0.1) is 0 Å². The van der Waals surface area contributed by atoms with Crippen molar-refractivity contribution in [3.63, 3.8) is 0 Å². The van der Waals surface area contributed by atoms with E-state index in [9.17, 15) is 4.79 Å². The van der Waals surface area contributed by atoms with Crippen molar-refractivity contribution < 1.29 is 9.21 Å². The smallest absolute Gasteiger partial charge is 0.318 e. The molecule has 0 fully saturated rings. The minimum absolute atomic E-state index is 0.00901. The highest BCUT2D eigenvalue weighted by Crippen LogP contribution is 2.17. The lowest BCUT2D eigenvalue weighted by Gasteiger charge is -2.18. The number of carbonyl (C=O) groups is 1. The largest absolute Gasteiger partial charge is 0.406 e. The average molecular weight is 269 g/mol. The standard InChI is InChI=1S/C12H23N5O2/c1-5-7-17(8-10(18)13-4)12-16-15-11(19-12)9(3)14-6-2/h9,14H,5-8H2,1-4H3,(H,13,18). The summed E-state index contributed by atoms with van der Waals surface area (Å²) >= 11 is 0. The van der Waals surface area contributed by atoms with Crippen LogP contribution >= 0.6 is 0 Å². The Balaban J connectivity index is 2.76. The van der Waals surface area contributed by atoms with Crippen LogP contribution < -0.4 is 15.5 Å². The summed E-state index contributed by atoms with van der Waals surface area (Å²) in [6.45, 7) is 7.77. The number of hydrogen-bond donors (Lipinski definition) is 2. The Hall–Kier alpha value is -1.63. The van der Waals surface area contributed by atoms with E-state index in [4.69, 9.17) is 4.42 Å². The molecule has 0 aromatic carbocycles. The third-order valence-corrected chi connectivity index (χ3v) is 2.69. The molecular weight excluding hydrogens is 246 g/mol. The fraction of sp³-hybridized carbons (Fsp3) is 0.750. The molecule has 0 saturated carbocycles. The summed E-state index contributed by atoms with van der Waals surface area (Å²) in [6, 6.07) is 0.403. The van der Waals surface area contributed by atoms with Crippen molar-refractivity contribution in [3.05, 3.63) is 5.89 Å². The van der Waals surface area contributed by atoms with Crippen LogP contribution in [-0.2, 0) is 4.79 Å². The Bertz CT molecular complexity index is 393. The van der Waals surface area contributed by atoms with Crippen LogP contribution in [0.25, 0.3) is 0 Å². The van der Waals surface area contributed by atoms with E-state index < -0.39 is 0 Å². The van der Waals surface area contributed by atoms with Crippen LogP contribution in [0.4, 0.5) is 6.01 Å². The summed E-state index contributed by atoms with van der Waals surface area (Å²) in [5, 5.41) is 13.8. The minimum Gasteiger partial charge on any atom is -0.406 e. The van der Waals surface area contributed by atoms with Gasteiger partial charge in [0.15, 0.2) is 0 Å².